The van der Waals surface area contributed by atoms with Crippen molar-refractivity contribution < 1.29 is 14.3 Å². The van der Waals surface area contributed by atoms with Crippen LogP contribution >= 0.6 is 11.8 Å². The lowest BCUT2D eigenvalue weighted by Gasteiger charge is -2.22. The second-order valence-electron chi connectivity index (χ2n) is 5.84. The molecule has 0 radical (unpaired) electrons. The van der Waals surface area contributed by atoms with E-state index in [1.807, 2.05) is 38.1 Å². The van der Waals surface area contributed by atoms with E-state index in [2.05, 4.69) is 17.4 Å². The molecule has 2 unspecified atom stereocenters. The molecule has 2 aromatic carbocycles. The van der Waals surface area contributed by atoms with Gasteiger partial charge in [0.15, 0.2) is 6.10 Å². The highest BCUT2D eigenvalue weighted by Gasteiger charge is 2.35. The number of carbonyl (C=O) groups excluding carboxylic acids is 1. The number of methoxy groups -OCH3 is 2. The van der Waals surface area contributed by atoms with Gasteiger partial charge in [-0.3, -0.25) is 4.79 Å². The van der Waals surface area contributed by atoms with Gasteiger partial charge in [-0.2, -0.15) is 0 Å². The molecule has 0 aromatic heterocycles. The minimum Gasteiger partial charge on any atom is -0.497 e. The van der Waals surface area contributed by atoms with Crippen LogP contribution in [0.4, 0.5) is 5.69 Å². The number of hydrogen-bond acceptors (Lipinski definition) is 4. The first kappa shape index (κ1) is 16.9. The Kier molecular flexibility index (Phi) is 4.83. The van der Waals surface area contributed by atoms with E-state index in [0.29, 0.717) is 0 Å². The van der Waals surface area contributed by atoms with Crippen molar-refractivity contribution in [3.05, 3.63) is 53.1 Å². The van der Waals surface area contributed by atoms with Gasteiger partial charge in [0.2, 0.25) is 0 Å². The van der Waals surface area contributed by atoms with Gasteiger partial charge in [0.25, 0.3) is 5.91 Å². The molecule has 4 nitrogen and oxygen atoms in total. The number of carbonyl (C=O) groups is 1. The van der Waals surface area contributed by atoms with Gasteiger partial charge in [0, 0.05) is 12.0 Å². The third-order valence-corrected chi connectivity index (χ3v) is 5.80. The summed E-state index contributed by atoms with van der Waals surface area (Å²) >= 11 is 1.65. The SMILES string of the molecule is COc1ccc(C2Sc3ccc(C)c(C)c3NC(=O)C2OC)cc1. The van der Waals surface area contributed by atoms with E-state index >= 15 is 0 Å². The summed E-state index contributed by atoms with van der Waals surface area (Å²) in [6, 6.07) is 12.0. The van der Waals surface area contributed by atoms with Gasteiger partial charge >= 0.3 is 0 Å². The fourth-order valence-corrected chi connectivity index (χ4v) is 4.24. The number of benzene rings is 2. The quantitative estimate of drug-likeness (QED) is 0.911. The molecule has 1 amide bonds. The summed E-state index contributed by atoms with van der Waals surface area (Å²) < 4.78 is 10.8. The minimum absolute atomic E-state index is 0.113. The highest BCUT2D eigenvalue weighted by Crippen LogP contribution is 2.46. The van der Waals surface area contributed by atoms with Crippen LogP contribution < -0.4 is 10.1 Å². The number of nitrogens with one attached hydrogen (secondary N) is 1. The summed E-state index contributed by atoms with van der Waals surface area (Å²) in [7, 11) is 3.22. The standard InChI is InChI=1S/C19H21NO3S/c1-11-5-10-15-16(12(11)2)20-19(21)17(23-4)18(24-15)13-6-8-14(22-3)9-7-13/h5-10,17-18H,1-4H3,(H,20,21). The molecule has 1 N–H and O–H groups in total. The normalized spacial score (nSPS) is 20.1. The first-order valence-corrected chi connectivity index (χ1v) is 8.67. The summed E-state index contributed by atoms with van der Waals surface area (Å²) in [5.74, 6) is 0.681. The Bertz CT molecular complexity index is 758. The molecule has 2 atom stereocenters. The number of hydrogen-bond donors (Lipinski definition) is 1. The van der Waals surface area contributed by atoms with Crippen LogP contribution in [-0.2, 0) is 9.53 Å². The van der Waals surface area contributed by atoms with Crippen molar-refractivity contribution in [2.45, 2.75) is 30.1 Å². The predicted molar refractivity (Wildman–Crippen MR) is 96.9 cm³/mol. The molecule has 0 fully saturated rings. The van der Waals surface area contributed by atoms with Crippen LogP contribution in [0.3, 0.4) is 0 Å². The smallest absolute Gasteiger partial charge is 0.255 e. The van der Waals surface area contributed by atoms with Crippen molar-refractivity contribution in [2.75, 3.05) is 19.5 Å². The van der Waals surface area contributed by atoms with Gasteiger partial charge in [0.05, 0.1) is 18.0 Å². The fourth-order valence-electron chi connectivity index (χ4n) is 2.84. The van der Waals surface area contributed by atoms with Crippen molar-refractivity contribution in [1.29, 1.82) is 0 Å². The number of rotatable bonds is 3. The number of thioether (sulfide) groups is 1. The Labute approximate surface area is 146 Å². The van der Waals surface area contributed by atoms with E-state index in [1.165, 1.54) is 0 Å². The number of amides is 1. The lowest BCUT2D eigenvalue weighted by molar-refractivity contribution is -0.125. The van der Waals surface area contributed by atoms with Crippen molar-refractivity contribution in [3.8, 4) is 5.75 Å². The Morgan fingerprint density at radius 1 is 1.04 bits per heavy atom. The first-order valence-electron chi connectivity index (χ1n) is 7.79. The van der Waals surface area contributed by atoms with Gasteiger partial charge in [-0.15, -0.1) is 11.8 Å². The fraction of sp³-hybridized carbons (Fsp3) is 0.316. The van der Waals surface area contributed by atoms with Crippen LogP contribution in [0.15, 0.2) is 41.3 Å². The van der Waals surface area contributed by atoms with E-state index in [-0.39, 0.29) is 11.2 Å². The van der Waals surface area contributed by atoms with Gasteiger partial charge < -0.3 is 14.8 Å². The molecule has 1 aliphatic heterocycles. The van der Waals surface area contributed by atoms with Crippen molar-refractivity contribution in [1.82, 2.24) is 0 Å². The van der Waals surface area contributed by atoms with E-state index in [0.717, 1.165) is 33.0 Å². The lowest BCUT2D eigenvalue weighted by atomic mass is 10.1. The molecular weight excluding hydrogens is 322 g/mol. The van der Waals surface area contributed by atoms with E-state index in [1.54, 1.807) is 26.0 Å². The van der Waals surface area contributed by atoms with E-state index in [4.69, 9.17) is 9.47 Å². The lowest BCUT2D eigenvalue weighted by Crippen LogP contribution is -2.32. The number of fused-ring (bicyclic) bond motifs is 1. The van der Waals surface area contributed by atoms with Crippen LogP contribution in [0.1, 0.15) is 21.9 Å². The van der Waals surface area contributed by atoms with Crippen molar-refractivity contribution >= 4 is 23.4 Å². The zero-order chi connectivity index (χ0) is 17.3. The maximum Gasteiger partial charge on any atom is 0.255 e. The Balaban J connectivity index is 2.05. The highest BCUT2D eigenvalue weighted by molar-refractivity contribution is 7.99. The highest BCUT2D eigenvalue weighted by atomic mass is 32.2. The topological polar surface area (TPSA) is 47.6 Å². The van der Waals surface area contributed by atoms with Gasteiger partial charge in [-0.1, -0.05) is 18.2 Å². The van der Waals surface area contributed by atoms with Crippen LogP contribution in [-0.4, -0.2) is 26.2 Å². The number of ether oxygens (including phenoxy) is 2. The molecular formula is C19H21NO3S. The zero-order valence-corrected chi connectivity index (χ0v) is 15.1. The first-order chi connectivity index (χ1) is 11.5. The van der Waals surface area contributed by atoms with Crippen LogP contribution in [0.2, 0.25) is 0 Å². The van der Waals surface area contributed by atoms with Gasteiger partial charge in [0.1, 0.15) is 5.75 Å². The molecule has 126 valence electrons. The predicted octanol–water partition coefficient (Wildman–Crippen LogP) is 4.11. The number of anilines is 1. The van der Waals surface area contributed by atoms with E-state index < -0.39 is 6.10 Å². The second-order valence-corrected chi connectivity index (χ2v) is 7.02. The molecule has 1 heterocycles. The molecule has 2 aromatic rings. The van der Waals surface area contributed by atoms with Gasteiger partial charge in [-0.25, -0.2) is 0 Å². The molecule has 1 aliphatic rings. The molecule has 5 heteroatoms. The molecule has 3 rings (SSSR count). The van der Waals surface area contributed by atoms with Crippen LogP contribution in [0.5, 0.6) is 5.75 Å². The third-order valence-electron chi connectivity index (χ3n) is 4.43. The van der Waals surface area contributed by atoms with Gasteiger partial charge in [-0.05, 0) is 48.7 Å². The maximum atomic E-state index is 12.7. The Morgan fingerprint density at radius 2 is 1.75 bits per heavy atom. The summed E-state index contributed by atoms with van der Waals surface area (Å²) in [5, 5.41) is 2.92. The minimum atomic E-state index is -0.560. The van der Waals surface area contributed by atoms with Crippen molar-refractivity contribution in [3.63, 3.8) is 0 Å². The third kappa shape index (κ3) is 3.01. The Hall–Kier alpha value is -1.98. The van der Waals surface area contributed by atoms with Crippen LogP contribution in [0.25, 0.3) is 0 Å². The maximum absolute atomic E-state index is 12.7. The molecule has 0 saturated carbocycles. The monoisotopic (exact) mass is 343 g/mol. The zero-order valence-electron chi connectivity index (χ0n) is 14.3. The molecule has 0 aliphatic carbocycles. The molecule has 24 heavy (non-hydrogen) atoms. The second kappa shape index (κ2) is 6.87. The number of aryl methyl sites for hydroxylation is 1. The summed E-state index contributed by atoms with van der Waals surface area (Å²) in [6.45, 7) is 4.08. The summed E-state index contributed by atoms with van der Waals surface area (Å²) in [4.78, 5) is 13.8. The summed E-state index contributed by atoms with van der Waals surface area (Å²) in [6.07, 6.45) is -0.560. The molecule has 0 bridgehead atoms. The Morgan fingerprint density at radius 3 is 2.38 bits per heavy atom. The average molecular weight is 343 g/mol. The van der Waals surface area contributed by atoms with Crippen LogP contribution in [0, 0.1) is 13.8 Å². The van der Waals surface area contributed by atoms with E-state index in [9.17, 15) is 4.79 Å². The largest absolute Gasteiger partial charge is 0.497 e. The average Bonchev–Trinajstić information content (AvgIpc) is 2.74. The molecule has 0 saturated heterocycles. The molecule has 0 spiro atoms. The summed E-state index contributed by atoms with van der Waals surface area (Å²) in [5.41, 5.74) is 4.18. The van der Waals surface area contributed by atoms with Crippen molar-refractivity contribution in [2.24, 2.45) is 0 Å².